The minimum atomic E-state index is -1.56. The van der Waals surface area contributed by atoms with Gasteiger partial charge in [-0.15, -0.1) is 0 Å². The van der Waals surface area contributed by atoms with Crippen molar-refractivity contribution < 1.29 is 66.0 Å². The molecule has 0 spiro atoms. The van der Waals surface area contributed by atoms with Crippen LogP contribution < -0.4 is 61.2 Å². The van der Waals surface area contributed by atoms with Crippen LogP contribution >= 0.6 is 15.9 Å². The Morgan fingerprint density at radius 2 is 2.00 bits per heavy atom. The minimum absolute atomic E-state index is 0. The molecule has 0 heterocycles. The smallest absolute Gasteiger partial charge is 0.513 e. The third-order valence-corrected chi connectivity index (χ3v) is 1.69. The number of ether oxygens (including phenoxy) is 1. The first-order chi connectivity index (χ1) is 5.20. The Kier molecular flexibility index (Phi) is 6.43. The molecule has 0 aliphatic rings. The standard InChI is InChI=1S/C7H5BrO3.K/c8-5-3-1-2-4-6(5)11-7(9)10;/h1-4H,(H,9,10);/q;+1/p-1. The van der Waals surface area contributed by atoms with E-state index in [4.69, 9.17) is 0 Å². The Hall–Kier alpha value is 0.606. The Labute approximate surface area is 121 Å². The molecule has 1 rings (SSSR count). The minimum Gasteiger partial charge on any atom is -0.513 e. The second kappa shape index (κ2) is 6.12. The molecule has 0 aliphatic carbocycles. The molecule has 0 radical (unpaired) electrons. The summed E-state index contributed by atoms with van der Waals surface area (Å²) in [6.45, 7) is 0. The molecule has 12 heavy (non-hydrogen) atoms. The predicted octanol–water partition coefficient (Wildman–Crippen LogP) is -1.82. The van der Waals surface area contributed by atoms with E-state index in [2.05, 4.69) is 20.7 Å². The second-order valence-corrected chi connectivity index (χ2v) is 2.64. The normalized spacial score (nSPS) is 8.42. The van der Waals surface area contributed by atoms with Gasteiger partial charge in [0.1, 0.15) is 0 Å². The molecule has 0 saturated heterocycles. The molecule has 1 aromatic carbocycles. The summed E-state index contributed by atoms with van der Waals surface area (Å²) >= 11 is 3.11. The maximum Gasteiger partial charge on any atom is 1.00 e. The van der Waals surface area contributed by atoms with Gasteiger partial charge in [-0.1, -0.05) is 12.1 Å². The summed E-state index contributed by atoms with van der Waals surface area (Å²) in [4.78, 5) is 9.97. The van der Waals surface area contributed by atoms with Gasteiger partial charge in [-0.25, -0.2) is 0 Å². The molecule has 0 bridgehead atoms. The molecule has 58 valence electrons. The van der Waals surface area contributed by atoms with Crippen molar-refractivity contribution in [3.63, 3.8) is 0 Å². The Morgan fingerprint density at radius 3 is 2.50 bits per heavy atom. The SMILES string of the molecule is O=C([O-])Oc1ccccc1Br.[K+]. The summed E-state index contributed by atoms with van der Waals surface area (Å²) < 4.78 is 4.89. The fourth-order valence-corrected chi connectivity index (χ4v) is 0.983. The van der Waals surface area contributed by atoms with Crippen molar-refractivity contribution in [1.29, 1.82) is 0 Å². The van der Waals surface area contributed by atoms with E-state index in [1.165, 1.54) is 6.07 Å². The summed E-state index contributed by atoms with van der Waals surface area (Å²) in [5, 5.41) is 9.97. The zero-order valence-electron chi connectivity index (χ0n) is 6.41. The fourth-order valence-electron chi connectivity index (χ4n) is 0.617. The Bertz CT molecular complexity index is 277. The van der Waals surface area contributed by atoms with Crippen LogP contribution in [-0.2, 0) is 0 Å². The van der Waals surface area contributed by atoms with E-state index in [1.807, 2.05) is 0 Å². The van der Waals surface area contributed by atoms with Gasteiger partial charge in [-0.05, 0) is 28.1 Å². The average molecular weight is 255 g/mol. The molecule has 0 saturated carbocycles. The van der Waals surface area contributed by atoms with Crippen molar-refractivity contribution in [3.05, 3.63) is 28.7 Å². The summed E-state index contributed by atoms with van der Waals surface area (Å²) in [6.07, 6.45) is -1.56. The summed E-state index contributed by atoms with van der Waals surface area (Å²) in [5.74, 6) is 0.243. The van der Waals surface area contributed by atoms with Gasteiger partial charge in [-0.3, -0.25) is 0 Å². The van der Waals surface area contributed by atoms with Crippen molar-refractivity contribution in [1.82, 2.24) is 0 Å². The molecule has 0 N–H and O–H groups in total. The fraction of sp³-hybridized carbons (Fsp3) is 0. The average Bonchev–Trinajstić information content (AvgIpc) is 1.93. The van der Waals surface area contributed by atoms with Crippen molar-refractivity contribution in [2.45, 2.75) is 0 Å². The zero-order chi connectivity index (χ0) is 8.27. The Morgan fingerprint density at radius 1 is 1.42 bits per heavy atom. The number of hydrogen-bond donors (Lipinski definition) is 0. The van der Waals surface area contributed by atoms with Gasteiger partial charge in [0.05, 0.1) is 5.75 Å². The third kappa shape index (κ3) is 4.02. The summed E-state index contributed by atoms with van der Waals surface area (Å²) in [5.41, 5.74) is 0. The van der Waals surface area contributed by atoms with Crippen molar-refractivity contribution in [3.8, 4) is 5.75 Å². The molecule has 0 unspecified atom stereocenters. The van der Waals surface area contributed by atoms with E-state index >= 15 is 0 Å². The van der Waals surface area contributed by atoms with E-state index in [0.29, 0.717) is 4.47 Å². The van der Waals surface area contributed by atoms with Gasteiger partial charge >= 0.3 is 51.4 Å². The monoisotopic (exact) mass is 254 g/mol. The third-order valence-electron chi connectivity index (χ3n) is 1.03. The molecular formula is C7H4BrKO3. The van der Waals surface area contributed by atoms with E-state index < -0.39 is 6.16 Å². The number of para-hydroxylation sites is 1. The molecule has 5 heteroatoms. The molecular weight excluding hydrogens is 251 g/mol. The molecule has 3 nitrogen and oxygen atoms in total. The van der Waals surface area contributed by atoms with Gasteiger partial charge in [0.2, 0.25) is 0 Å². The van der Waals surface area contributed by atoms with E-state index in [1.54, 1.807) is 18.2 Å². The number of halogens is 1. The van der Waals surface area contributed by atoms with Gasteiger partial charge in [0, 0.05) is 4.47 Å². The largest absolute Gasteiger partial charge is 1.00 e. The topological polar surface area (TPSA) is 49.4 Å². The maximum absolute atomic E-state index is 9.97. The maximum atomic E-state index is 9.97. The number of carbonyl (C=O) groups is 1. The van der Waals surface area contributed by atoms with E-state index in [0.717, 1.165) is 0 Å². The summed E-state index contributed by atoms with van der Waals surface area (Å²) in [7, 11) is 0. The zero-order valence-corrected chi connectivity index (χ0v) is 11.1. The van der Waals surface area contributed by atoms with Crippen LogP contribution in [0.25, 0.3) is 0 Å². The van der Waals surface area contributed by atoms with Gasteiger partial charge in [0.25, 0.3) is 6.16 Å². The van der Waals surface area contributed by atoms with Crippen LogP contribution in [0.2, 0.25) is 0 Å². The first-order valence-corrected chi connectivity index (χ1v) is 3.63. The predicted molar refractivity (Wildman–Crippen MR) is 40.2 cm³/mol. The molecule has 0 aromatic heterocycles. The second-order valence-electron chi connectivity index (χ2n) is 1.78. The van der Waals surface area contributed by atoms with E-state index in [9.17, 15) is 9.90 Å². The van der Waals surface area contributed by atoms with Crippen molar-refractivity contribution in [2.24, 2.45) is 0 Å². The number of carboxylic acid groups (broad SMARTS) is 1. The van der Waals surface area contributed by atoms with Crippen LogP contribution in [0.4, 0.5) is 4.79 Å². The molecule has 0 amide bonds. The molecule has 1 aromatic rings. The van der Waals surface area contributed by atoms with Crippen LogP contribution in [0.15, 0.2) is 28.7 Å². The first-order valence-electron chi connectivity index (χ1n) is 2.83. The van der Waals surface area contributed by atoms with Crippen LogP contribution in [0.1, 0.15) is 0 Å². The number of hydrogen-bond acceptors (Lipinski definition) is 3. The van der Waals surface area contributed by atoms with Crippen LogP contribution in [0.3, 0.4) is 0 Å². The van der Waals surface area contributed by atoms with Crippen LogP contribution in [0, 0.1) is 0 Å². The van der Waals surface area contributed by atoms with Gasteiger partial charge in [-0.2, -0.15) is 0 Å². The molecule has 0 aliphatic heterocycles. The number of benzene rings is 1. The van der Waals surface area contributed by atoms with Crippen LogP contribution in [-0.4, -0.2) is 6.16 Å². The van der Waals surface area contributed by atoms with E-state index in [-0.39, 0.29) is 57.1 Å². The molecule has 0 atom stereocenters. The van der Waals surface area contributed by atoms with Crippen LogP contribution in [0.5, 0.6) is 5.75 Å². The van der Waals surface area contributed by atoms with Crippen molar-refractivity contribution >= 4 is 22.1 Å². The number of carbonyl (C=O) groups excluding carboxylic acids is 1. The number of rotatable bonds is 1. The molecule has 0 fully saturated rings. The van der Waals surface area contributed by atoms with Gasteiger partial charge in [0.15, 0.2) is 0 Å². The van der Waals surface area contributed by atoms with Gasteiger partial charge < -0.3 is 14.6 Å². The van der Waals surface area contributed by atoms with Crippen molar-refractivity contribution in [2.75, 3.05) is 0 Å². The Balaban J connectivity index is 0.00000121. The first kappa shape index (κ1) is 12.6. The quantitative estimate of drug-likeness (QED) is 0.337. The summed E-state index contributed by atoms with van der Waals surface area (Å²) in [6, 6.07) is 6.63.